The second-order valence-corrected chi connectivity index (χ2v) is 3.95. The molecule has 1 atom stereocenters. The molecule has 2 rings (SSSR count). The van der Waals surface area contributed by atoms with Crippen LogP contribution in [-0.2, 0) is 0 Å². The van der Waals surface area contributed by atoms with Gasteiger partial charge in [-0.3, -0.25) is 0 Å². The Bertz CT molecular complexity index is 398. The van der Waals surface area contributed by atoms with E-state index in [2.05, 4.69) is 19.1 Å². The van der Waals surface area contributed by atoms with Gasteiger partial charge in [-0.2, -0.15) is 0 Å². The highest BCUT2D eigenvalue weighted by Crippen LogP contribution is 2.27. The fraction of sp³-hybridized carbons (Fsp3) is 0.385. The number of fused-ring (bicyclic) bond motifs is 1. The molecule has 0 saturated carbocycles. The Labute approximate surface area is 89.5 Å². The van der Waals surface area contributed by atoms with Crippen molar-refractivity contribution in [2.45, 2.75) is 25.7 Å². The highest BCUT2D eigenvalue weighted by atomic mass is 16.3. The second kappa shape index (κ2) is 4.49. The van der Waals surface area contributed by atoms with Crippen LogP contribution in [0.2, 0.25) is 0 Å². The van der Waals surface area contributed by atoms with Crippen molar-refractivity contribution < 1.29 is 9.52 Å². The molecule has 0 radical (unpaired) electrons. The summed E-state index contributed by atoms with van der Waals surface area (Å²) in [5, 5.41) is 9.93. The average Bonchev–Trinajstić information content (AvgIpc) is 2.69. The van der Waals surface area contributed by atoms with Crippen LogP contribution in [0.25, 0.3) is 11.0 Å². The third-order valence-corrected chi connectivity index (χ3v) is 2.73. The van der Waals surface area contributed by atoms with Crippen molar-refractivity contribution in [3.63, 3.8) is 0 Å². The van der Waals surface area contributed by atoms with Gasteiger partial charge in [0.25, 0.3) is 0 Å². The predicted octanol–water partition coefficient (Wildman–Crippen LogP) is 3.31. The number of hydrogen-bond donors (Lipinski definition) is 1. The number of rotatable bonds is 4. The summed E-state index contributed by atoms with van der Waals surface area (Å²) >= 11 is 0. The molecule has 1 unspecified atom stereocenters. The Morgan fingerprint density at radius 3 is 2.87 bits per heavy atom. The zero-order chi connectivity index (χ0) is 10.7. The van der Waals surface area contributed by atoms with Gasteiger partial charge in [0.2, 0.25) is 0 Å². The van der Waals surface area contributed by atoms with Crippen LogP contribution >= 0.6 is 0 Å². The molecule has 2 heteroatoms. The molecule has 1 aromatic carbocycles. The lowest BCUT2D eigenvalue weighted by Crippen LogP contribution is -1.93. The standard InChI is InChI=1S/C13H16O2/c1-10(5-4-8-14)13-9-11-6-2-3-7-12(11)15-13/h2-3,6-7,9-10,14H,4-5,8H2,1H3. The molecule has 0 fully saturated rings. The van der Waals surface area contributed by atoms with E-state index in [1.165, 1.54) is 0 Å². The van der Waals surface area contributed by atoms with Crippen LogP contribution in [0.5, 0.6) is 0 Å². The molecule has 0 aliphatic carbocycles. The molecule has 0 aliphatic heterocycles. The summed E-state index contributed by atoms with van der Waals surface area (Å²) in [7, 11) is 0. The Balaban J connectivity index is 2.20. The van der Waals surface area contributed by atoms with Crippen molar-refractivity contribution in [3.05, 3.63) is 36.1 Å². The maximum Gasteiger partial charge on any atom is 0.134 e. The number of benzene rings is 1. The second-order valence-electron chi connectivity index (χ2n) is 3.95. The molecule has 0 saturated heterocycles. The summed E-state index contributed by atoms with van der Waals surface area (Å²) in [6.45, 7) is 2.39. The minimum Gasteiger partial charge on any atom is -0.461 e. The predicted molar refractivity (Wildman–Crippen MR) is 60.9 cm³/mol. The molecule has 0 bridgehead atoms. The lowest BCUT2D eigenvalue weighted by Gasteiger charge is -2.05. The number of aliphatic hydroxyl groups excluding tert-OH is 1. The number of para-hydroxylation sites is 1. The van der Waals surface area contributed by atoms with Crippen LogP contribution in [0.1, 0.15) is 31.4 Å². The van der Waals surface area contributed by atoms with Crippen molar-refractivity contribution in [1.29, 1.82) is 0 Å². The van der Waals surface area contributed by atoms with E-state index in [0.717, 1.165) is 29.6 Å². The van der Waals surface area contributed by atoms with Gasteiger partial charge in [0.15, 0.2) is 0 Å². The Kier molecular flexibility index (Phi) is 3.07. The van der Waals surface area contributed by atoms with Gasteiger partial charge in [0, 0.05) is 17.9 Å². The molecular formula is C13H16O2. The maximum absolute atomic E-state index is 8.77. The summed E-state index contributed by atoms with van der Waals surface area (Å²) in [6, 6.07) is 10.1. The molecule has 0 spiro atoms. The van der Waals surface area contributed by atoms with Crippen molar-refractivity contribution in [2.24, 2.45) is 0 Å². The SMILES string of the molecule is CC(CCCO)c1cc2ccccc2o1. The van der Waals surface area contributed by atoms with Crippen LogP contribution in [-0.4, -0.2) is 11.7 Å². The fourth-order valence-corrected chi connectivity index (χ4v) is 1.78. The van der Waals surface area contributed by atoms with Crippen LogP contribution in [0.3, 0.4) is 0 Å². The van der Waals surface area contributed by atoms with Crippen LogP contribution in [0.4, 0.5) is 0 Å². The van der Waals surface area contributed by atoms with Gasteiger partial charge >= 0.3 is 0 Å². The minimum absolute atomic E-state index is 0.255. The molecule has 15 heavy (non-hydrogen) atoms. The number of aliphatic hydroxyl groups is 1. The average molecular weight is 204 g/mol. The van der Waals surface area contributed by atoms with Crippen LogP contribution in [0, 0.1) is 0 Å². The monoisotopic (exact) mass is 204 g/mol. The summed E-state index contributed by atoms with van der Waals surface area (Å²) < 4.78 is 5.75. The Morgan fingerprint density at radius 1 is 1.33 bits per heavy atom. The smallest absolute Gasteiger partial charge is 0.134 e. The molecular weight excluding hydrogens is 188 g/mol. The molecule has 1 N–H and O–H groups in total. The van der Waals surface area contributed by atoms with Gasteiger partial charge in [0.05, 0.1) is 0 Å². The molecule has 0 aliphatic rings. The first-order valence-electron chi connectivity index (χ1n) is 5.40. The van der Waals surface area contributed by atoms with Gasteiger partial charge in [-0.1, -0.05) is 25.1 Å². The zero-order valence-electron chi connectivity index (χ0n) is 8.94. The number of furan rings is 1. The Morgan fingerprint density at radius 2 is 2.13 bits per heavy atom. The molecule has 80 valence electrons. The van der Waals surface area contributed by atoms with Crippen LogP contribution in [0.15, 0.2) is 34.7 Å². The highest BCUT2D eigenvalue weighted by molar-refractivity contribution is 5.77. The normalized spacial score (nSPS) is 13.2. The zero-order valence-corrected chi connectivity index (χ0v) is 8.94. The van der Waals surface area contributed by atoms with Crippen molar-refractivity contribution in [3.8, 4) is 0 Å². The van der Waals surface area contributed by atoms with E-state index < -0.39 is 0 Å². The maximum atomic E-state index is 8.77. The van der Waals surface area contributed by atoms with E-state index >= 15 is 0 Å². The molecule has 0 amide bonds. The largest absolute Gasteiger partial charge is 0.461 e. The van der Waals surface area contributed by atoms with Gasteiger partial charge in [-0.05, 0) is 25.0 Å². The Hall–Kier alpha value is -1.28. The molecule has 2 nitrogen and oxygen atoms in total. The first-order chi connectivity index (χ1) is 7.31. The fourth-order valence-electron chi connectivity index (χ4n) is 1.78. The van der Waals surface area contributed by atoms with Crippen molar-refractivity contribution in [2.75, 3.05) is 6.61 Å². The van der Waals surface area contributed by atoms with E-state index in [0.29, 0.717) is 5.92 Å². The summed E-state index contributed by atoms with van der Waals surface area (Å²) in [5.41, 5.74) is 0.948. The van der Waals surface area contributed by atoms with E-state index in [9.17, 15) is 0 Å². The summed E-state index contributed by atoms with van der Waals surface area (Å²) in [4.78, 5) is 0. The van der Waals surface area contributed by atoms with Gasteiger partial charge in [-0.25, -0.2) is 0 Å². The summed E-state index contributed by atoms with van der Waals surface area (Å²) in [6.07, 6.45) is 1.80. The summed E-state index contributed by atoms with van der Waals surface area (Å²) in [5.74, 6) is 1.40. The van der Waals surface area contributed by atoms with E-state index in [-0.39, 0.29) is 6.61 Å². The van der Waals surface area contributed by atoms with Gasteiger partial charge in [0.1, 0.15) is 11.3 Å². The third kappa shape index (κ3) is 2.21. The van der Waals surface area contributed by atoms with E-state index in [1.807, 2.05) is 18.2 Å². The third-order valence-electron chi connectivity index (χ3n) is 2.73. The minimum atomic E-state index is 0.255. The number of hydrogen-bond acceptors (Lipinski definition) is 2. The topological polar surface area (TPSA) is 33.4 Å². The molecule has 1 heterocycles. The molecule has 2 aromatic rings. The van der Waals surface area contributed by atoms with Crippen molar-refractivity contribution in [1.82, 2.24) is 0 Å². The first kappa shape index (κ1) is 10.2. The van der Waals surface area contributed by atoms with E-state index in [4.69, 9.17) is 9.52 Å². The van der Waals surface area contributed by atoms with Gasteiger partial charge in [-0.15, -0.1) is 0 Å². The molecule has 1 aromatic heterocycles. The lowest BCUT2D eigenvalue weighted by molar-refractivity contribution is 0.278. The highest BCUT2D eigenvalue weighted by Gasteiger charge is 2.10. The quantitative estimate of drug-likeness (QED) is 0.828. The van der Waals surface area contributed by atoms with Crippen molar-refractivity contribution >= 4 is 11.0 Å². The van der Waals surface area contributed by atoms with E-state index in [1.54, 1.807) is 0 Å². The lowest BCUT2D eigenvalue weighted by atomic mass is 10.0. The van der Waals surface area contributed by atoms with Gasteiger partial charge < -0.3 is 9.52 Å². The van der Waals surface area contributed by atoms with Crippen LogP contribution < -0.4 is 0 Å². The first-order valence-corrected chi connectivity index (χ1v) is 5.40.